The van der Waals surface area contributed by atoms with Crippen LogP contribution in [0.15, 0.2) is 0 Å². The van der Waals surface area contributed by atoms with Crippen molar-refractivity contribution in [3.63, 3.8) is 0 Å². The molecule has 64 valence electrons. The van der Waals surface area contributed by atoms with Gasteiger partial charge in [-0.25, -0.2) is 0 Å². The molecule has 0 bridgehead atoms. The molecule has 0 aromatic carbocycles. The van der Waals surface area contributed by atoms with Crippen molar-refractivity contribution in [1.29, 1.82) is 0 Å². The van der Waals surface area contributed by atoms with Gasteiger partial charge in [0, 0.05) is 12.6 Å². The average Bonchev–Trinajstić information content (AvgIpc) is 2.06. The fourth-order valence-electron chi connectivity index (χ4n) is 2.41. The Bertz CT molecular complexity index is 136. The number of likely N-dealkylation sites (tertiary alicyclic amines) is 1. The van der Waals surface area contributed by atoms with Crippen LogP contribution in [0.5, 0.6) is 0 Å². The molecule has 2 rings (SSSR count). The van der Waals surface area contributed by atoms with E-state index < -0.39 is 0 Å². The summed E-state index contributed by atoms with van der Waals surface area (Å²) >= 11 is 0. The van der Waals surface area contributed by atoms with Gasteiger partial charge in [-0.2, -0.15) is 0 Å². The molecule has 2 atom stereocenters. The Labute approximate surface area is 68.5 Å². The van der Waals surface area contributed by atoms with Gasteiger partial charge < -0.3 is 9.64 Å². The summed E-state index contributed by atoms with van der Waals surface area (Å²) in [5.74, 6) is 0.836. The second-order valence-corrected chi connectivity index (χ2v) is 3.81. The zero-order chi connectivity index (χ0) is 7.68. The van der Waals surface area contributed by atoms with Crippen molar-refractivity contribution in [2.75, 3.05) is 26.8 Å². The molecular formula is C9H17NO. The SMILES string of the molecule is CN1CCCC2COCCC21. The lowest BCUT2D eigenvalue weighted by molar-refractivity contribution is -0.0261. The Morgan fingerprint density at radius 3 is 3.09 bits per heavy atom. The lowest BCUT2D eigenvalue weighted by atomic mass is 9.87. The van der Waals surface area contributed by atoms with Crippen molar-refractivity contribution in [2.24, 2.45) is 5.92 Å². The Kier molecular flexibility index (Phi) is 2.14. The number of fused-ring (bicyclic) bond motifs is 1. The maximum absolute atomic E-state index is 5.46. The molecule has 0 spiro atoms. The lowest BCUT2D eigenvalue weighted by Gasteiger charge is -2.41. The molecule has 11 heavy (non-hydrogen) atoms. The largest absolute Gasteiger partial charge is 0.381 e. The number of hydrogen-bond donors (Lipinski definition) is 0. The van der Waals surface area contributed by atoms with Crippen molar-refractivity contribution in [2.45, 2.75) is 25.3 Å². The van der Waals surface area contributed by atoms with Gasteiger partial charge in [0.2, 0.25) is 0 Å². The highest BCUT2D eigenvalue weighted by Gasteiger charge is 2.31. The van der Waals surface area contributed by atoms with Crippen LogP contribution < -0.4 is 0 Å². The summed E-state index contributed by atoms with van der Waals surface area (Å²) in [4.78, 5) is 2.51. The van der Waals surface area contributed by atoms with Crippen molar-refractivity contribution >= 4 is 0 Å². The van der Waals surface area contributed by atoms with Gasteiger partial charge in [0.25, 0.3) is 0 Å². The Balaban J connectivity index is 1.99. The molecule has 0 saturated carbocycles. The maximum Gasteiger partial charge on any atom is 0.0509 e. The van der Waals surface area contributed by atoms with Gasteiger partial charge in [0.05, 0.1) is 6.61 Å². The van der Waals surface area contributed by atoms with E-state index in [2.05, 4.69) is 11.9 Å². The third-order valence-electron chi connectivity index (χ3n) is 3.09. The highest BCUT2D eigenvalue weighted by atomic mass is 16.5. The van der Waals surface area contributed by atoms with Crippen molar-refractivity contribution < 1.29 is 4.74 Å². The van der Waals surface area contributed by atoms with Crippen LogP contribution in [0.2, 0.25) is 0 Å². The van der Waals surface area contributed by atoms with Crippen molar-refractivity contribution in [1.82, 2.24) is 4.90 Å². The van der Waals surface area contributed by atoms with E-state index in [9.17, 15) is 0 Å². The zero-order valence-corrected chi connectivity index (χ0v) is 7.25. The Morgan fingerprint density at radius 2 is 2.27 bits per heavy atom. The smallest absolute Gasteiger partial charge is 0.0509 e. The predicted molar refractivity (Wildman–Crippen MR) is 44.6 cm³/mol. The monoisotopic (exact) mass is 155 g/mol. The van der Waals surface area contributed by atoms with Gasteiger partial charge in [-0.3, -0.25) is 0 Å². The topological polar surface area (TPSA) is 12.5 Å². The van der Waals surface area contributed by atoms with Gasteiger partial charge in [0.1, 0.15) is 0 Å². The van der Waals surface area contributed by atoms with Crippen LogP contribution in [0.3, 0.4) is 0 Å². The normalized spacial score (nSPS) is 40.1. The molecule has 2 unspecified atom stereocenters. The summed E-state index contributed by atoms with van der Waals surface area (Å²) in [6.07, 6.45) is 4.00. The third kappa shape index (κ3) is 1.42. The Hall–Kier alpha value is -0.0800. The molecule has 0 amide bonds. The fraction of sp³-hybridized carbons (Fsp3) is 1.00. The van der Waals surface area contributed by atoms with Crippen LogP contribution in [0.25, 0.3) is 0 Å². The van der Waals surface area contributed by atoms with Crippen LogP contribution in [0.1, 0.15) is 19.3 Å². The Morgan fingerprint density at radius 1 is 1.36 bits per heavy atom. The van der Waals surface area contributed by atoms with Gasteiger partial charge in [-0.05, 0) is 38.8 Å². The van der Waals surface area contributed by atoms with E-state index in [1.807, 2.05) is 0 Å². The molecule has 2 nitrogen and oxygen atoms in total. The number of hydrogen-bond acceptors (Lipinski definition) is 2. The van der Waals surface area contributed by atoms with E-state index in [1.54, 1.807) is 0 Å². The van der Waals surface area contributed by atoms with E-state index in [0.717, 1.165) is 25.2 Å². The van der Waals surface area contributed by atoms with Crippen molar-refractivity contribution in [3.8, 4) is 0 Å². The van der Waals surface area contributed by atoms with E-state index in [1.165, 1.54) is 25.8 Å². The van der Waals surface area contributed by atoms with Gasteiger partial charge in [0.15, 0.2) is 0 Å². The van der Waals surface area contributed by atoms with Crippen molar-refractivity contribution in [3.05, 3.63) is 0 Å². The summed E-state index contributed by atoms with van der Waals surface area (Å²) < 4.78 is 5.46. The molecule has 2 aliphatic rings. The van der Waals surface area contributed by atoms with Gasteiger partial charge in [-0.1, -0.05) is 0 Å². The predicted octanol–water partition coefficient (Wildman–Crippen LogP) is 1.12. The average molecular weight is 155 g/mol. The van der Waals surface area contributed by atoms with Crippen LogP contribution in [0.4, 0.5) is 0 Å². The van der Waals surface area contributed by atoms with E-state index in [4.69, 9.17) is 4.74 Å². The summed E-state index contributed by atoms with van der Waals surface area (Å²) in [6.45, 7) is 3.28. The summed E-state index contributed by atoms with van der Waals surface area (Å²) in [7, 11) is 2.25. The molecular weight excluding hydrogens is 138 g/mol. The lowest BCUT2D eigenvalue weighted by Crippen LogP contribution is -2.47. The molecule has 0 N–H and O–H groups in total. The van der Waals surface area contributed by atoms with Gasteiger partial charge in [-0.15, -0.1) is 0 Å². The van der Waals surface area contributed by atoms with Crippen LogP contribution in [-0.2, 0) is 4.74 Å². The van der Waals surface area contributed by atoms with Gasteiger partial charge >= 0.3 is 0 Å². The minimum atomic E-state index is 0.831. The second-order valence-electron chi connectivity index (χ2n) is 3.81. The quantitative estimate of drug-likeness (QED) is 0.519. The minimum absolute atomic E-state index is 0.831. The highest BCUT2D eigenvalue weighted by Crippen LogP contribution is 2.27. The molecule has 0 radical (unpaired) electrons. The molecule has 0 aromatic heterocycles. The van der Waals surface area contributed by atoms with E-state index >= 15 is 0 Å². The van der Waals surface area contributed by atoms with E-state index in [-0.39, 0.29) is 0 Å². The molecule has 0 aromatic rings. The summed E-state index contributed by atoms with van der Waals surface area (Å²) in [5, 5.41) is 0. The number of ether oxygens (including phenoxy) is 1. The molecule has 2 aliphatic heterocycles. The fourth-order valence-corrected chi connectivity index (χ4v) is 2.41. The highest BCUT2D eigenvalue weighted by molar-refractivity contribution is 4.84. The van der Waals surface area contributed by atoms with E-state index in [0.29, 0.717) is 0 Å². The standard InChI is InChI=1S/C9H17NO/c1-10-5-2-3-8-7-11-6-4-9(8)10/h8-9H,2-7H2,1H3. The maximum atomic E-state index is 5.46. The minimum Gasteiger partial charge on any atom is -0.381 e. The first kappa shape index (κ1) is 7.56. The molecule has 0 aliphatic carbocycles. The van der Waals surface area contributed by atoms with Crippen LogP contribution in [-0.4, -0.2) is 37.7 Å². The molecule has 2 heteroatoms. The first-order chi connectivity index (χ1) is 5.38. The van der Waals surface area contributed by atoms with Crippen LogP contribution >= 0.6 is 0 Å². The molecule has 2 saturated heterocycles. The number of nitrogens with zero attached hydrogens (tertiary/aromatic N) is 1. The number of piperidine rings is 1. The summed E-state index contributed by atoms with van der Waals surface area (Å²) in [6, 6.07) is 0.831. The summed E-state index contributed by atoms with van der Waals surface area (Å²) in [5.41, 5.74) is 0. The zero-order valence-electron chi connectivity index (χ0n) is 7.25. The first-order valence-corrected chi connectivity index (χ1v) is 4.66. The third-order valence-corrected chi connectivity index (χ3v) is 3.09. The number of rotatable bonds is 0. The molecule has 2 heterocycles. The molecule has 2 fully saturated rings. The first-order valence-electron chi connectivity index (χ1n) is 4.66. The van der Waals surface area contributed by atoms with Crippen LogP contribution in [0, 0.1) is 5.92 Å². The second kappa shape index (κ2) is 3.11.